The molecule has 0 spiro atoms. The summed E-state index contributed by atoms with van der Waals surface area (Å²) in [6.07, 6.45) is 10.8. The van der Waals surface area contributed by atoms with Gasteiger partial charge >= 0.3 is 5.97 Å². The number of carbonyl (C=O) groups excluding carboxylic acids is 2. The fourth-order valence-corrected chi connectivity index (χ4v) is 4.48. The van der Waals surface area contributed by atoms with Gasteiger partial charge in [0, 0.05) is 18.8 Å². The maximum atomic E-state index is 12.4. The van der Waals surface area contributed by atoms with Crippen LogP contribution in [0.4, 0.5) is 0 Å². The van der Waals surface area contributed by atoms with E-state index in [0.717, 1.165) is 69.8 Å². The fourth-order valence-electron chi connectivity index (χ4n) is 4.48. The molecule has 162 valence electrons. The Morgan fingerprint density at radius 3 is 2.52 bits per heavy atom. The second-order valence-corrected chi connectivity index (χ2v) is 8.43. The lowest BCUT2D eigenvalue weighted by atomic mass is 9.84. The summed E-state index contributed by atoms with van der Waals surface area (Å²) in [7, 11) is 1.42. The van der Waals surface area contributed by atoms with Crippen LogP contribution in [0.1, 0.15) is 107 Å². The summed E-state index contributed by atoms with van der Waals surface area (Å²) in [4.78, 5) is 23.6. The molecule has 0 radical (unpaired) electrons. The molecule has 29 heavy (non-hydrogen) atoms. The minimum absolute atomic E-state index is 0.121. The smallest absolute Gasteiger partial charge is 0.305 e. The van der Waals surface area contributed by atoms with Crippen LogP contribution < -0.4 is 0 Å². The van der Waals surface area contributed by atoms with Crippen LogP contribution >= 0.6 is 0 Å². The van der Waals surface area contributed by atoms with Crippen molar-refractivity contribution in [2.45, 2.75) is 96.0 Å². The molecule has 0 amide bonds. The molecule has 0 unspecified atom stereocenters. The molecule has 0 aromatic heterocycles. The molecule has 1 aliphatic carbocycles. The number of hydrogen-bond acceptors (Lipinski definition) is 4. The first-order valence-corrected chi connectivity index (χ1v) is 11.4. The predicted molar refractivity (Wildman–Crippen MR) is 116 cm³/mol. The number of rotatable bonds is 13. The number of aliphatic hydroxyl groups excluding tert-OH is 1. The minimum Gasteiger partial charge on any atom is -0.469 e. The molecule has 1 aromatic carbocycles. The van der Waals surface area contributed by atoms with Crippen LogP contribution in [0.3, 0.4) is 0 Å². The van der Waals surface area contributed by atoms with E-state index in [1.807, 2.05) is 12.1 Å². The molecule has 1 aromatic rings. The summed E-state index contributed by atoms with van der Waals surface area (Å²) in [5.41, 5.74) is 2.22. The Kier molecular flexibility index (Phi) is 10.4. The normalized spacial score (nSPS) is 20.0. The Morgan fingerprint density at radius 2 is 1.83 bits per heavy atom. The van der Waals surface area contributed by atoms with E-state index in [1.54, 1.807) is 0 Å². The van der Waals surface area contributed by atoms with Crippen molar-refractivity contribution in [2.75, 3.05) is 7.11 Å². The van der Waals surface area contributed by atoms with E-state index in [2.05, 4.69) is 23.8 Å². The molecule has 4 nitrogen and oxygen atoms in total. The van der Waals surface area contributed by atoms with E-state index < -0.39 is 0 Å². The highest BCUT2D eigenvalue weighted by atomic mass is 16.5. The Morgan fingerprint density at radius 1 is 1.10 bits per heavy atom. The van der Waals surface area contributed by atoms with Crippen LogP contribution in [0.15, 0.2) is 24.3 Å². The van der Waals surface area contributed by atoms with Gasteiger partial charge in [0.25, 0.3) is 0 Å². The van der Waals surface area contributed by atoms with Gasteiger partial charge in [-0.2, -0.15) is 0 Å². The van der Waals surface area contributed by atoms with Gasteiger partial charge in [0.2, 0.25) is 0 Å². The van der Waals surface area contributed by atoms with Crippen LogP contribution in [-0.2, 0) is 14.3 Å². The first-order valence-electron chi connectivity index (χ1n) is 11.4. The molecular formula is C25H38O4. The van der Waals surface area contributed by atoms with E-state index in [0.29, 0.717) is 24.5 Å². The molecule has 3 atom stereocenters. The second-order valence-electron chi connectivity index (χ2n) is 8.43. The van der Waals surface area contributed by atoms with Crippen LogP contribution in [-0.4, -0.2) is 24.0 Å². The topological polar surface area (TPSA) is 63.6 Å². The van der Waals surface area contributed by atoms with Crippen molar-refractivity contribution in [1.82, 2.24) is 0 Å². The van der Waals surface area contributed by atoms with Crippen molar-refractivity contribution in [1.29, 1.82) is 0 Å². The third-order valence-electron chi connectivity index (χ3n) is 6.31. The summed E-state index contributed by atoms with van der Waals surface area (Å²) in [6.45, 7) is 2.17. The van der Waals surface area contributed by atoms with Gasteiger partial charge in [-0.05, 0) is 42.7 Å². The summed E-state index contributed by atoms with van der Waals surface area (Å²) in [5.74, 6) is 0.683. The number of unbranched alkanes of at least 4 members (excludes halogenated alkanes) is 5. The van der Waals surface area contributed by atoms with Crippen molar-refractivity contribution in [3.63, 3.8) is 0 Å². The highest BCUT2D eigenvalue weighted by molar-refractivity contribution is 5.84. The van der Waals surface area contributed by atoms with Crippen molar-refractivity contribution in [2.24, 2.45) is 5.92 Å². The highest BCUT2D eigenvalue weighted by Gasteiger charge is 2.34. The van der Waals surface area contributed by atoms with Crippen molar-refractivity contribution >= 4 is 11.8 Å². The van der Waals surface area contributed by atoms with Crippen molar-refractivity contribution in [3.05, 3.63) is 35.4 Å². The van der Waals surface area contributed by atoms with E-state index in [-0.39, 0.29) is 18.0 Å². The molecule has 2 rings (SSSR count). The van der Waals surface area contributed by atoms with Crippen LogP contribution in [0.5, 0.6) is 0 Å². The SMILES string of the molecule is CCCCC[C@H](O)c1ccc([C@H]2CCC(=O)[C@H]2CCCCCCC(=O)OC)cc1. The number of ketones is 1. The lowest BCUT2D eigenvalue weighted by molar-refractivity contribution is -0.140. The lowest BCUT2D eigenvalue weighted by Crippen LogP contribution is -2.13. The first kappa shape index (κ1) is 23.6. The Balaban J connectivity index is 1.82. The van der Waals surface area contributed by atoms with E-state index >= 15 is 0 Å². The summed E-state index contributed by atoms with van der Waals surface area (Å²) < 4.78 is 4.66. The van der Waals surface area contributed by atoms with Gasteiger partial charge in [-0.25, -0.2) is 0 Å². The Labute approximate surface area is 176 Å². The van der Waals surface area contributed by atoms with E-state index in [4.69, 9.17) is 0 Å². The quantitative estimate of drug-likeness (QED) is 0.331. The van der Waals surface area contributed by atoms with Crippen molar-refractivity contribution in [3.8, 4) is 0 Å². The average molecular weight is 403 g/mol. The Hall–Kier alpha value is -1.68. The van der Waals surface area contributed by atoms with Gasteiger partial charge in [0.1, 0.15) is 5.78 Å². The van der Waals surface area contributed by atoms with E-state index in [1.165, 1.54) is 12.7 Å². The molecule has 1 N–H and O–H groups in total. The third kappa shape index (κ3) is 7.58. The fraction of sp³-hybridized carbons (Fsp3) is 0.680. The second kappa shape index (κ2) is 12.8. The average Bonchev–Trinajstić information content (AvgIpc) is 3.10. The maximum Gasteiger partial charge on any atom is 0.305 e. The van der Waals surface area contributed by atoms with Gasteiger partial charge in [-0.3, -0.25) is 9.59 Å². The van der Waals surface area contributed by atoms with Crippen LogP contribution in [0, 0.1) is 5.92 Å². The largest absolute Gasteiger partial charge is 0.469 e. The number of aliphatic hydroxyl groups is 1. The molecule has 0 heterocycles. The van der Waals surface area contributed by atoms with Gasteiger partial charge in [-0.15, -0.1) is 0 Å². The number of ether oxygens (including phenoxy) is 1. The zero-order valence-electron chi connectivity index (χ0n) is 18.2. The number of methoxy groups -OCH3 is 1. The number of hydrogen-bond donors (Lipinski definition) is 1. The highest BCUT2D eigenvalue weighted by Crippen LogP contribution is 2.40. The molecule has 0 aliphatic heterocycles. The van der Waals surface area contributed by atoms with Gasteiger partial charge < -0.3 is 9.84 Å². The number of esters is 1. The monoisotopic (exact) mass is 402 g/mol. The summed E-state index contributed by atoms with van der Waals surface area (Å²) >= 11 is 0. The molecule has 1 aliphatic rings. The molecule has 4 heteroatoms. The number of benzene rings is 1. The Bertz CT molecular complexity index is 622. The van der Waals surface area contributed by atoms with Crippen LogP contribution in [0.2, 0.25) is 0 Å². The first-order chi connectivity index (χ1) is 14.1. The molecular weight excluding hydrogens is 364 g/mol. The zero-order valence-corrected chi connectivity index (χ0v) is 18.2. The number of carbonyl (C=O) groups is 2. The minimum atomic E-state index is -0.387. The lowest BCUT2D eigenvalue weighted by Gasteiger charge is -2.20. The molecule has 0 saturated heterocycles. The molecule has 1 fully saturated rings. The van der Waals surface area contributed by atoms with Gasteiger partial charge in [0.05, 0.1) is 13.2 Å². The summed E-state index contributed by atoms with van der Waals surface area (Å²) in [6, 6.07) is 8.31. The van der Waals surface area contributed by atoms with Crippen LogP contribution in [0.25, 0.3) is 0 Å². The molecule has 0 bridgehead atoms. The maximum absolute atomic E-state index is 12.4. The standard InChI is InChI=1S/C25H38O4/c1-3-4-7-11-23(26)20-15-13-19(14-16-20)21-17-18-24(27)22(21)10-8-5-6-9-12-25(28)29-2/h13-16,21-23,26H,3-12,17-18H2,1-2H3/t21-,22+,23+/m1/s1. The predicted octanol–water partition coefficient (Wildman–Crippen LogP) is 5.88. The molecule has 1 saturated carbocycles. The number of Topliss-reactive ketones (excluding diaryl/α,β-unsaturated/α-hetero) is 1. The van der Waals surface area contributed by atoms with Crippen molar-refractivity contribution < 1.29 is 19.4 Å². The zero-order chi connectivity index (χ0) is 21.1. The van der Waals surface area contributed by atoms with Gasteiger partial charge in [0.15, 0.2) is 0 Å². The van der Waals surface area contributed by atoms with Gasteiger partial charge in [-0.1, -0.05) is 69.7 Å². The van der Waals surface area contributed by atoms with E-state index in [9.17, 15) is 14.7 Å². The summed E-state index contributed by atoms with van der Waals surface area (Å²) in [5, 5.41) is 10.4. The third-order valence-corrected chi connectivity index (χ3v) is 6.31.